The minimum Gasteiger partial charge on any atom is -0.349 e. The Bertz CT molecular complexity index is 522. The number of halogens is 1. The van der Waals surface area contributed by atoms with Crippen LogP contribution in [0.2, 0.25) is 5.02 Å². The average molecular weight is 262 g/mol. The molecule has 0 radical (unpaired) electrons. The Labute approximate surface area is 112 Å². The van der Waals surface area contributed by atoms with Crippen LogP contribution in [0.4, 0.5) is 0 Å². The van der Waals surface area contributed by atoms with Gasteiger partial charge in [0, 0.05) is 36.4 Å². The van der Waals surface area contributed by atoms with Crippen molar-refractivity contribution in [1.29, 1.82) is 0 Å². The molecule has 0 spiro atoms. The second-order valence-corrected chi connectivity index (χ2v) is 5.19. The van der Waals surface area contributed by atoms with Gasteiger partial charge in [0.1, 0.15) is 5.82 Å². The quantitative estimate of drug-likeness (QED) is 0.887. The molecule has 1 aromatic carbocycles. The average Bonchev–Trinajstić information content (AvgIpc) is 2.97. The summed E-state index contributed by atoms with van der Waals surface area (Å²) < 4.78 is 0. The number of hydrogen-bond acceptors (Lipinski definition) is 2. The second-order valence-electron chi connectivity index (χ2n) is 4.76. The number of aromatic amines is 1. The molecule has 18 heavy (non-hydrogen) atoms. The summed E-state index contributed by atoms with van der Waals surface area (Å²) in [6.07, 6.45) is 6.78. The van der Waals surface area contributed by atoms with Gasteiger partial charge in [-0.05, 0) is 36.1 Å². The molecule has 2 aromatic rings. The zero-order valence-electron chi connectivity index (χ0n) is 10.1. The van der Waals surface area contributed by atoms with Crippen molar-refractivity contribution in [2.75, 3.05) is 6.54 Å². The van der Waals surface area contributed by atoms with Gasteiger partial charge in [-0.15, -0.1) is 0 Å². The number of aromatic nitrogens is 2. The molecule has 0 saturated heterocycles. The monoisotopic (exact) mass is 261 g/mol. The van der Waals surface area contributed by atoms with Gasteiger partial charge in [-0.25, -0.2) is 4.98 Å². The maximum Gasteiger partial charge on any atom is 0.107 e. The van der Waals surface area contributed by atoms with Crippen molar-refractivity contribution in [2.24, 2.45) is 0 Å². The van der Waals surface area contributed by atoms with E-state index in [1.807, 2.05) is 12.3 Å². The maximum absolute atomic E-state index is 6.01. The Balaban J connectivity index is 1.52. The highest BCUT2D eigenvalue weighted by Gasteiger charge is 2.20. The molecule has 3 nitrogen and oxygen atoms in total. The molecule has 0 bridgehead atoms. The highest BCUT2D eigenvalue weighted by Crippen LogP contribution is 2.25. The first-order valence-electron chi connectivity index (χ1n) is 6.30. The lowest BCUT2D eigenvalue weighted by molar-refractivity contribution is 0.532. The number of fused-ring (bicyclic) bond motifs is 1. The molecular formula is C14H16ClN3. The van der Waals surface area contributed by atoms with Crippen LogP contribution in [0.5, 0.6) is 0 Å². The Morgan fingerprint density at radius 2 is 2.22 bits per heavy atom. The fourth-order valence-electron chi connectivity index (χ4n) is 2.56. The number of nitrogens with zero attached hydrogens (tertiary/aromatic N) is 1. The summed E-state index contributed by atoms with van der Waals surface area (Å²) in [5, 5.41) is 4.42. The number of H-pyrrole nitrogens is 1. The summed E-state index contributed by atoms with van der Waals surface area (Å²) in [5.74, 6) is 1.04. The zero-order valence-corrected chi connectivity index (χ0v) is 10.9. The molecule has 0 aliphatic heterocycles. The fourth-order valence-corrected chi connectivity index (χ4v) is 2.76. The van der Waals surface area contributed by atoms with Crippen LogP contribution < -0.4 is 5.32 Å². The molecule has 0 saturated carbocycles. The van der Waals surface area contributed by atoms with Gasteiger partial charge < -0.3 is 10.3 Å². The van der Waals surface area contributed by atoms with Crippen molar-refractivity contribution in [3.05, 3.63) is 52.6 Å². The van der Waals surface area contributed by atoms with E-state index in [9.17, 15) is 0 Å². The van der Waals surface area contributed by atoms with E-state index in [1.54, 1.807) is 6.20 Å². The van der Waals surface area contributed by atoms with E-state index in [2.05, 4.69) is 27.4 Å². The minimum atomic E-state index is 0.536. The molecule has 2 N–H and O–H groups in total. The summed E-state index contributed by atoms with van der Waals surface area (Å²) in [6.45, 7) is 0.958. The van der Waals surface area contributed by atoms with Crippen LogP contribution >= 0.6 is 11.6 Å². The highest BCUT2D eigenvalue weighted by atomic mass is 35.5. The van der Waals surface area contributed by atoms with Gasteiger partial charge in [-0.3, -0.25) is 0 Å². The Hall–Kier alpha value is -1.32. The predicted octanol–water partition coefficient (Wildman–Crippen LogP) is 2.36. The molecule has 3 rings (SSSR count). The van der Waals surface area contributed by atoms with Crippen molar-refractivity contribution in [1.82, 2.24) is 15.3 Å². The molecule has 1 aliphatic carbocycles. The zero-order chi connectivity index (χ0) is 12.4. The molecule has 0 amide bonds. The molecule has 1 aromatic heterocycles. The third-order valence-electron chi connectivity index (χ3n) is 3.45. The summed E-state index contributed by atoms with van der Waals surface area (Å²) >= 11 is 6.01. The van der Waals surface area contributed by atoms with E-state index in [1.165, 1.54) is 11.1 Å². The normalized spacial score (nSPS) is 17.9. The second kappa shape index (κ2) is 5.12. The van der Waals surface area contributed by atoms with E-state index < -0.39 is 0 Å². The molecule has 1 unspecified atom stereocenters. The number of rotatable bonds is 4. The topological polar surface area (TPSA) is 40.7 Å². The number of hydrogen-bond donors (Lipinski definition) is 2. The fraction of sp³-hybridized carbons (Fsp3) is 0.357. The summed E-state index contributed by atoms with van der Waals surface area (Å²) in [5.41, 5.74) is 2.81. The van der Waals surface area contributed by atoms with Crippen LogP contribution in [0.15, 0.2) is 30.6 Å². The van der Waals surface area contributed by atoms with E-state index in [-0.39, 0.29) is 0 Å². The summed E-state index contributed by atoms with van der Waals surface area (Å²) in [7, 11) is 0. The largest absolute Gasteiger partial charge is 0.349 e. The molecule has 1 atom stereocenters. The van der Waals surface area contributed by atoms with Crippen LogP contribution in [-0.2, 0) is 19.3 Å². The van der Waals surface area contributed by atoms with Gasteiger partial charge in [0.15, 0.2) is 0 Å². The van der Waals surface area contributed by atoms with Gasteiger partial charge in [-0.1, -0.05) is 17.7 Å². The van der Waals surface area contributed by atoms with Crippen LogP contribution in [0.3, 0.4) is 0 Å². The van der Waals surface area contributed by atoms with E-state index in [4.69, 9.17) is 11.6 Å². The third kappa shape index (κ3) is 2.57. The maximum atomic E-state index is 6.01. The van der Waals surface area contributed by atoms with Crippen molar-refractivity contribution in [3.8, 4) is 0 Å². The van der Waals surface area contributed by atoms with Crippen LogP contribution in [0, 0.1) is 0 Å². The van der Waals surface area contributed by atoms with Gasteiger partial charge in [0.25, 0.3) is 0 Å². The van der Waals surface area contributed by atoms with Crippen molar-refractivity contribution in [2.45, 2.75) is 25.3 Å². The number of imidazole rings is 1. The first-order valence-corrected chi connectivity index (χ1v) is 6.68. The smallest absolute Gasteiger partial charge is 0.107 e. The molecule has 0 fully saturated rings. The van der Waals surface area contributed by atoms with Gasteiger partial charge >= 0.3 is 0 Å². The van der Waals surface area contributed by atoms with E-state index >= 15 is 0 Å². The van der Waals surface area contributed by atoms with Crippen molar-refractivity contribution in [3.63, 3.8) is 0 Å². The van der Waals surface area contributed by atoms with Crippen LogP contribution in [0.1, 0.15) is 17.0 Å². The molecule has 94 valence electrons. The molecular weight excluding hydrogens is 246 g/mol. The standard InChI is InChI=1S/C14H16ClN3/c15-12-2-1-10-8-13(9-11(10)7-12)16-4-3-14-17-5-6-18-14/h1-2,5-7,13,16H,3-4,8-9H2,(H,17,18). The van der Waals surface area contributed by atoms with Crippen molar-refractivity contribution < 1.29 is 0 Å². The Morgan fingerprint density at radius 3 is 3.06 bits per heavy atom. The molecule has 4 heteroatoms. The summed E-state index contributed by atoms with van der Waals surface area (Å²) in [6, 6.07) is 6.75. The lowest BCUT2D eigenvalue weighted by Crippen LogP contribution is -2.31. The van der Waals surface area contributed by atoms with Crippen LogP contribution in [-0.4, -0.2) is 22.6 Å². The van der Waals surface area contributed by atoms with E-state index in [0.717, 1.165) is 36.7 Å². The number of benzene rings is 1. The SMILES string of the molecule is Clc1ccc2c(c1)CC(NCCc1ncc[nH]1)C2. The highest BCUT2D eigenvalue weighted by molar-refractivity contribution is 6.30. The lowest BCUT2D eigenvalue weighted by atomic mass is 10.1. The Kier molecular flexibility index (Phi) is 3.35. The lowest BCUT2D eigenvalue weighted by Gasteiger charge is -2.10. The van der Waals surface area contributed by atoms with E-state index in [0.29, 0.717) is 6.04 Å². The number of nitrogens with one attached hydrogen (secondary N) is 2. The van der Waals surface area contributed by atoms with Crippen LogP contribution in [0.25, 0.3) is 0 Å². The predicted molar refractivity (Wildman–Crippen MR) is 72.9 cm³/mol. The van der Waals surface area contributed by atoms with Gasteiger partial charge in [-0.2, -0.15) is 0 Å². The molecule has 1 heterocycles. The first kappa shape index (κ1) is 11.8. The minimum absolute atomic E-state index is 0.536. The van der Waals surface area contributed by atoms with Gasteiger partial charge in [0.05, 0.1) is 0 Å². The third-order valence-corrected chi connectivity index (χ3v) is 3.69. The van der Waals surface area contributed by atoms with Crippen molar-refractivity contribution >= 4 is 11.6 Å². The van der Waals surface area contributed by atoms with Gasteiger partial charge in [0.2, 0.25) is 0 Å². The summed E-state index contributed by atoms with van der Waals surface area (Å²) in [4.78, 5) is 7.34. The molecule has 1 aliphatic rings. The Morgan fingerprint density at radius 1 is 1.33 bits per heavy atom. The first-order chi connectivity index (χ1) is 8.81.